The molecule has 1 aromatic heterocycles. The monoisotopic (exact) mass is 288 g/mol. The molecule has 2 aliphatic carbocycles. The highest BCUT2D eigenvalue weighted by atomic mass is 16.2. The Morgan fingerprint density at radius 2 is 1.67 bits per heavy atom. The average Bonchev–Trinajstić information content (AvgIpc) is 3.39. The lowest BCUT2D eigenvalue weighted by Crippen LogP contribution is -2.29. The number of imidazole rings is 1. The fraction of sp³-hybridized carbons (Fsp3) is 0.667. The molecule has 2 saturated carbocycles. The van der Waals surface area contributed by atoms with E-state index in [0.717, 1.165) is 57.2 Å². The van der Waals surface area contributed by atoms with E-state index in [0.29, 0.717) is 23.6 Å². The van der Waals surface area contributed by atoms with Crippen LogP contribution in [-0.2, 0) is 13.0 Å². The van der Waals surface area contributed by atoms with Crippen LogP contribution in [-0.4, -0.2) is 33.4 Å². The number of nitrogens with one attached hydrogen (secondary N) is 2. The molecule has 2 N–H and O–H groups in total. The summed E-state index contributed by atoms with van der Waals surface area (Å²) in [7, 11) is 0. The Bertz CT molecular complexity index is 549. The molecule has 6 heteroatoms. The van der Waals surface area contributed by atoms with E-state index in [9.17, 15) is 9.59 Å². The summed E-state index contributed by atoms with van der Waals surface area (Å²) >= 11 is 0. The molecule has 2 amide bonds. The molecule has 0 unspecified atom stereocenters. The lowest BCUT2D eigenvalue weighted by Gasteiger charge is -2.17. The number of amides is 2. The number of hydrogen-bond acceptors (Lipinski definition) is 3. The van der Waals surface area contributed by atoms with Crippen LogP contribution in [0.25, 0.3) is 0 Å². The summed E-state index contributed by atoms with van der Waals surface area (Å²) in [6, 6.07) is 0.611. The zero-order chi connectivity index (χ0) is 14.4. The first-order valence-corrected chi connectivity index (χ1v) is 7.93. The average molecular weight is 288 g/mol. The van der Waals surface area contributed by atoms with Crippen molar-refractivity contribution in [3.05, 3.63) is 17.2 Å². The fourth-order valence-electron chi connectivity index (χ4n) is 2.86. The van der Waals surface area contributed by atoms with Crippen molar-refractivity contribution in [3.8, 4) is 0 Å². The number of hydrogen-bond donors (Lipinski definition) is 2. The Kier molecular flexibility index (Phi) is 2.97. The summed E-state index contributed by atoms with van der Waals surface area (Å²) in [5.41, 5.74) is 1.39. The van der Waals surface area contributed by atoms with E-state index in [1.165, 1.54) is 0 Å². The van der Waals surface area contributed by atoms with E-state index < -0.39 is 0 Å². The predicted molar refractivity (Wildman–Crippen MR) is 76.1 cm³/mol. The number of nitrogens with zero attached hydrogens (tertiary/aromatic N) is 2. The van der Waals surface area contributed by atoms with Gasteiger partial charge in [0.25, 0.3) is 11.8 Å². The zero-order valence-corrected chi connectivity index (χ0v) is 12.0. The van der Waals surface area contributed by atoms with Crippen LogP contribution in [0.4, 0.5) is 0 Å². The highest BCUT2D eigenvalue weighted by molar-refractivity contribution is 5.97. The number of aromatic nitrogens is 2. The van der Waals surface area contributed by atoms with Crippen molar-refractivity contribution < 1.29 is 9.59 Å². The fourth-order valence-corrected chi connectivity index (χ4v) is 2.86. The number of carbonyl (C=O) groups excluding carboxylic acids is 2. The van der Waals surface area contributed by atoms with E-state index in [-0.39, 0.29) is 11.8 Å². The van der Waals surface area contributed by atoms with Crippen LogP contribution >= 0.6 is 0 Å². The van der Waals surface area contributed by atoms with Gasteiger partial charge in [-0.15, -0.1) is 0 Å². The Hall–Kier alpha value is -1.85. The third kappa shape index (κ3) is 2.54. The SMILES string of the molecule is O=C(NC1CC1)c1nc(C(=O)NC2CC2)n2c1CCCC2. The summed E-state index contributed by atoms with van der Waals surface area (Å²) in [6.07, 6.45) is 7.13. The van der Waals surface area contributed by atoms with Crippen molar-refractivity contribution in [2.45, 2.75) is 63.6 Å². The molecule has 112 valence electrons. The lowest BCUT2D eigenvalue weighted by atomic mass is 10.1. The number of rotatable bonds is 4. The quantitative estimate of drug-likeness (QED) is 0.868. The van der Waals surface area contributed by atoms with E-state index >= 15 is 0 Å². The first-order valence-electron chi connectivity index (χ1n) is 7.93. The van der Waals surface area contributed by atoms with Crippen molar-refractivity contribution in [3.63, 3.8) is 0 Å². The maximum atomic E-state index is 12.3. The molecular weight excluding hydrogens is 268 g/mol. The molecule has 6 nitrogen and oxygen atoms in total. The van der Waals surface area contributed by atoms with Gasteiger partial charge in [-0.2, -0.15) is 0 Å². The van der Waals surface area contributed by atoms with Gasteiger partial charge in [0.05, 0.1) is 5.69 Å². The van der Waals surface area contributed by atoms with Crippen molar-refractivity contribution in [1.29, 1.82) is 0 Å². The highest BCUT2D eigenvalue weighted by Gasteiger charge is 2.32. The van der Waals surface area contributed by atoms with Gasteiger partial charge in [-0.25, -0.2) is 4.98 Å². The molecule has 0 bridgehead atoms. The summed E-state index contributed by atoms with van der Waals surface area (Å²) < 4.78 is 1.95. The van der Waals surface area contributed by atoms with Crippen molar-refractivity contribution in [1.82, 2.24) is 20.2 Å². The standard InChI is InChI=1S/C15H20N4O2/c20-14(16-9-4-5-9)12-11-3-1-2-8-19(11)13(18-12)15(21)17-10-6-7-10/h9-10H,1-8H2,(H,16,20)(H,17,21). The molecular formula is C15H20N4O2. The number of fused-ring (bicyclic) bond motifs is 1. The maximum absolute atomic E-state index is 12.3. The molecule has 0 radical (unpaired) electrons. The largest absolute Gasteiger partial charge is 0.348 e. The highest BCUT2D eigenvalue weighted by Crippen LogP contribution is 2.25. The van der Waals surface area contributed by atoms with Crippen molar-refractivity contribution in [2.75, 3.05) is 0 Å². The van der Waals surface area contributed by atoms with Gasteiger partial charge in [-0.3, -0.25) is 9.59 Å². The van der Waals surface area contributed by atoms with Crippen LogP contribution < -0.4 is 10.6 Å². The lowest BCUT2D eigenvalue weighted by molar-refractivity contribution is 0.0935. The van der Waals surface area contributed by atoms with Gasteiger partial charge < -0.3 is 15.2 Å². The first-order chi connectivity index (χ1) is 10.2. The molecule has 0 spiro atoms. The summed E-state index contributed by atoms with van der Waals surface area (Å²) in [6.45, 7) is 0.784. The maximum Gasteiger partial charge on any atom is 0.287 e. The summed E-state index contributed by atoms with van der Waals surface area (Å²) in [4.78, 5) is 29.0. The second kappa shape index (κ2) is 4.86. The molecule has 1 aromatic rings. The predicted octanol–water partition coefficient (Wildman–Crippen LogP) is 1.00. The van der Waals surface area contributed by atoms with E-state index in [2.05, 4.69) is 15.6 Å². The second-order valence-electron chi connectivity index (χ2n) is 6.33. The van der Waals surface area contributed by atoms with E-state index in [1.54, 1.807) is 0 Å². The smallest absolute Gasteiger partial charge is 0.287 e. The third-order valence-corrected chi connectivity index (χ3v) is 4.36. The Morgan fingerprint density at radius 3 is 2.33 bits per heavy atom. The van der Waals surface area contributed by atoms with Crippen LogP contribution in [0, 0.1) is 0 Å². The molecule has 4 rings (SSSR count). The second-order valence-corrected chi connectivity index (χ2v) is 6.33. The topological polar surface area (TPSA) is 76.0 Å². The molecule has 2 fully saturated rings. The van der Waals surface area contributed by atoms with Gasteiger partial charge in [0.2, 0.25) is 0 Å². The molecule has 3 aliphatic rings. The van der Waals surface area contributed by atoms with Gasteiger partial charge in [0.15, 0.2) is 5.82 Å². The van der Waals surface area contributed by atoms with Gasteiger partial charge in [0, 0.05) is 18.6 Å². The minimum absolute atomic E-state index is 0.117. The van der Waals surface area contributed by atoms with Crippen LogP contribution in [0.5, 0.6) is 0 Å². The summed E-state index contributed by atoms with van der Waals surface area (Å²) in [5, 5.41) is 5.95. The minimum Gasteiger partial charge on any atom is -0.348 e. The first kappa shape index (κ1) is 12.9. The molecule has 0 saturated heterocycles. The number of carbonyl (C=O) groups is 2. The van der Waals surface area contributed by atoms with Crippen molar-refractivity contribution >= 4 is 11.8 Å². The van der Waals surface area contributed by atoms with Crippen LogP contribution in [0.1, 0.15) is 65.3 Å². The Morgan fingerprint density at radius 1 is 1.00 bits per heavy atom. The zero-order valence-electron chi connectivity index (χ0n) is 12.0. The molecule has 1 aliphatic heterocycles. The minimum atomic E-state index is -0.133. The van der Waals surface area contributed by atoms with Crippen LogP contribution in [0.3, 0.4) is 0 Å². The van der Waals surface area contributed by atoms with Crippen LogP contribution in [0.15, 0.2) is 0 Å². The van der Waals surface area contributed by atoms with Gasteiger partial charge >= 0.3 is 0 Å². The Balaban J connectivity index is 1.64. The van der Waals surface area contributed by atoms with E-state index in [4.69, 9.17) is 0 Å². The van der Waals surface area contributed by atoms with Gasteiger partial charge in [-0.05, 0) is 44.9 Å². The van der Waals surface area contributed by atoms with E-state index in [1.807, 2.05) is 4.57 Å². The molecule has 0 aromatic carbocycles. The molecule has 2 heterocycles. The van der Waals surface area contributed by atoms with Gasteiger partial charge in [0.1, 0.15) is 5.69 Å². The van der Waals surface area contributed by atoms with Crippen molar-refractivity contribution in [2.24, 2.45) is 0 Å². The molecule has 0 atom stereocenters. The van der Waals surface area contributed by atoms with Crippen LogP contribution in [0.2, 0.25) is 0 Å². The van der Waals surface area contributed by atoms with Gasteiger partial charge in [-0.1, -0.05) is 0 Å². The third-order valence-electron chi connectivity index (χ3n) is 4.36. The Labute approximate surface area is 123 Å². The molecule has 21 heavy (non-hydrogen) atoms. The normalized spacial score (nSPS) is 20.8. The summed E-state index contributed by atoms with van der Waals surface area (Å²) in [5.74, 6) is 0.164.